The molecule has 3 heterocycles. The molecule has 0 aliphatic carbocycles. The summed E-state index contributed by atoms with van der Waals surface area (Å²) in [5, 5.41) is 4.25. The Labute approximate surface area is 146 Å². The summed E-state index contributed by atoms with van der Waals surface area (Å²) in [4.78, 5) is 5.16. The number of ether oxygens (including phenoxy) is 1. The van der Waals surface area contributed by atoms with Gasteiger partial charge in [-0.05, 0) is 30.7 Å². The minimum absolute atomic E-state index is 0.296. The van der Waals surface area contributed by atoms with Gasteiger partial charge in [0.1, 0.15) is 11.9 Å². The molecule has 124 valence electrons. The maximum atomic E-state index is 6.07. The van der Waals surface area contributed by atoms with Crippen LogP contribution in [-0.2, 0) is 13.6 Å². The summed E-state index contributed by atoms with van der Waals surface area (Å²) < 4.78 is 7.92. The fourth-order valence-electron chi connectivity index (χ4n) is 3.12. The van der Waals surface area contributed by atoms with E-state index in [1.165, 1.54) is 15.3 Å². The highest BCUT2D eigenvalue weighted by molar-refractivity contribution is 7.15. The molecule has 3 aromatic rings. The van der Waals surface area contributed by atoms with E-state index < -0.39 is 0 Å². The molecule has 1 aliphatic rings. The Kier molecular flexibility index (Phi) is 4.36. The van der Waals surface area contributed by atoms with Crippen molar-refractivity contribution >= 4 is 11.3 Å². The number of benzene rings is 1. The predicted octanol–water partition coefficient (Wildman–Crippen LogP) is 3.80. The van der Waals surface area contributed by atoms with Crippen LogP contribution in [0, 0.1) is 0 Å². The quantitative estimate of drug-likeness (QED) is 0.708. The SMILES string of the molecule is Cn1cc(-c2ccc(CN3CC[C@@H](Oc4ccccc4)C3)s2)cn1. The maximum Gasteiger partial charge on any atom is 0.119 e. The molecule has 1 aliphatic heterocycles. The highest BCUT2D eigenvalue weighted by Gasteiger charge is 2.24. The first-order chi connectivity index (χ1) is 11.8. The summed E-state index contributed by atoms with van der Waals surface area (Å²) in [6.07, 6.45) is 5.38. The van der Waals surface area contributed by atoms with Crippen LogP contribution in [0.3, 0.4) is 0 Å². The van der Waals surface area contributed by atoms with E-state index in [9.17, 15) is 0 Å². The lowest BCUT2D eigenvalue weighted by Gasteiger charge is -2.16. The third-order valence-corrected chi connectivity index (χ3v) is 5.42. The van der Waals surface area contributed by atoms with Crippen molar-refractivity contribution in [2.45, 2.75) is 19.1 Å². The molecule has 1 atom stereocenters. The normalized spacial score (nSPS) is 18.1. The standard InChI is InChI=1S/C19H21N3OS/c1-21-12-15(11-20-21)19-8-7-18(24-19)14-22-10-9-17(13-22)23-16-5-3-2-4-6-16/h2-8,11-12,17H,9-10,13-14H2,1H3/t17-/m1/s1. The summed E-state index contributed by atoms with van der Waals surface area (Å²) in [6.45, 7) is 3.09. The average Bonchev–Trinajstić information content (AvgIpc) is 3.31. The van der Waals surface area contributed by atoms with E-state index in [1.54, 1.807) is 0 Å². The van der Waals surface area contributed by atoms with Gasteiger partial charge >= 0.3 is 0 Å². The van der Waals surface area contributed by atoms with Crippen LogP contribution in [0.4, 0.5) is 0 Å². The van der Waals surface area contributed by atoms with Crippen LogP contribution in [0.2, 0.25) is 0 Å². The Morgan fingerprint density at radius 3 is 2.88 bits per heavy atom. The van der Waals surface area contributed by atoms with E-state index in [1.807, 2.05) is 59.6 Å². The Morgan fingerprint density at radius 2 is 2.08 bits per heavy atom. The van der Waals surface area contributed by atoms with Crippen LogP contribution in [0.15, 0.2) is 54.9 Å². The summed E-state index contributed by atoms with van der Waals surface area (Å²) in [5.74, 6) is 0.972. The highest BCUT2D eigenvalue weighted by Crippen LogP contribution is 2.29. The fraction of sp³-hybridized carbons (Fsp3) is 0.316. The molecule has 5 heteroatoms. The van der Waals surface area contributed by atoms with Crippen LogP contribution in [0.25, 0.3) is 10.4 Å². The van der Waals surface area contributed by atoms with Crippen LogP contribution >= 0.6 is 11.3 Å². The Hall–Kier alpha value is -2.11. The zero-order valence-corrected chi connectivity index (χ0v) is 14.6. The molecule has 0 unspecified atom stereocenters. The maximum absolute atomic E-state index is 6.07. The number of para-hydroxylation sites is 1. The van der Waals surface area contributed by atoms with Gasteiger partial charge in [-0.2, -0.15) is 5.10 Å². The minimum Gasteiger partial charge on any atom is -0.489 e. The third-order valence-electron chi connectivity index (χ3n) is 4.31. The molecule has 0 spiro atoms. The second-order valence-corrected chi connectivity index (χ2v) is 7.41. The summed E-state index contributed by atoms with van der Waals surface area (Å²) >= 11 is 1.86. The first-order valence-corrected chi connectivity index (χ1v) is 9.10. The van der Waals surface area contributed by atoms with Crippen LogP contribution < -0.4 is 4.74 Å². The fourth-order valence-corrected chi connectivity index (χ4v) is 4.14. The number of rotatable bonds is 5. The Morgan fingerprint density at radius 1 is 1.21 bits per heavy atom. The van der Waals surface area contributed by atoms with E-state index in [-0.39, 0.29) is 0 Å². The molecule has 2 aromatic heterocycles. The van der Waals surface area contributed by atoms with Crippen molar-refractivity contribution in [2.75, 3.05) is 13.1 Å². The summed E-state index contributed by atoms with van der Waals surface area (Å²) in [6, 6.07) is 14.6. The van der Waals surface area contributed by atoms with Crippen molar-refractivity contribution in [3.8, 4) is 16.2 Å². The van der Waals surface area contributed by atoms with Crippen molar-refractivity contribution in [1.82, 2.24) is 14.7 Å². The largest absolute Gasteiger partial charge is 0.489 e. The summed E-state index contributed by atoms with van der Waals surface area (Å²) in [5.41, 5.74) is 1.19. The zero-order chi connectivity index (χ0) is 16.4. The van der Waals surface area contributed by atoms with Crippen LogP contribution in [0.5, 0.6) is 5.75 Å². The second-order valence-electron chi connectivity index (χ2n) is 6.25. The molecule has 1 saturated heterocycles. The molecule has 24 heavy (non-hydrogen) atoms. The van der Waals surface area contributed by atoms with Crippen molar-refractivity contribution in [2.24, 2.45) is 7.05 Å². The minimum atomic E-state index is 0.296. The van der Waals surface area contributed by atoms with Crippen molar-refractivity contribution < 1.29 is 4.74 Å². The van der Waals surface area contributed by atoms with Gasteiger partial charge in [-0.15, -0.1) is 11.3 Å². The Bertz CT molecular complexity index is 796. The van der Waals surface area contributed by atoms with E-state index in [4.69, 9.17) is 4.74 Å². The summed E-state index contributed by atoms with van der Waals surface area (Å²) in [7, 11) is 1.95. The van der Waals surface area contributed by atoms with E-state index >= 15 is 0 Å². The van der Waals surface area contributed by atoms with Crippen LogP contribution in [-0.4, -0.2) is 33.9 Å². The van der Waals surface area contributed by atoms with Gasteiger partial charge in [0.25, 0.3) is 0 Å². The molecule has 4 nitrogen and oxygen atoms in total. The Balaban J connectivity index is 1.34. The van der Waals surface area contributed by atoms with Gasteiger partial charge in [0.15, 0.2) is 0 Å². The number of thiophene rings is 1. The van der Waals surface area contributed by atoms with E-state index in [0.29, 0.717) is 6.10 Å². The average molecular weight is 339 g/mol. The monoisotopic (exact) mass is 339 g/mol. The molecular weight excluding hydrogens is 318 g/mol. The molecule has 0 N–H and O–H groups in total. The van der Waals surface area contributed by atoms with Crippen molar-refractivity contribution in [1.29, 1.82) is 0 Å². The molecule has 0 amide bonds. The van der Waals surface area contributed by atoms with Gasteiger partial charge in [0, 0.05) is 48.2 Å². The van der Waals surface area contributed by atoms with Gasteiger partial charge < -0.3 is 4.74 Å². The number of aryl methyl sites for hydroxylation is 1. The number of hydrogen-bond donors (Lipinski definition) is 0. The van der Waals surface area contributed by atoms with Gasteiger partial charge in [0.2, 0.25) is 0 Å². The zero-order valence-electron chi connectivity index (χ0n) is 13.8. The lowest BCUT2D eigenvalue weighted by Crippen LogP contribution is -2.24. The van der Waals surface area contributed by atoms with Gasteiger partial charge in [-0.3, -0.25) is 9.58 Å². The number of hydrogen-bond acceptors (Lipinski definition) is 4. The number of likely N-dealkylation sites (tertiary alicyclic amines) is 1. The first-order valence-electron chi connectivity index (χ1n) is 8.28. The van der Waals surface area contributed by atoms with Gasteiger partial charge in [-0.1, -0.05) is 18.2 Å². The molecule has 0 bridgehead atoms. The molecule has 1 aromatic carbocycles. The molecular formula is C19H21N3OS. The third kappa shape index (κ3) is 3.52. The van der Waals surface area contributed by atoms with Crippen molar-refractivity contribution in [3.63, 3.8) is 0 Å². The molecule has 0 radical (unpaired) electrons. The molecule has 4 rings (SSSR count). The second kappa shape index (κ2) is 6.79. The lowest BCUT2D eigenvalue weighted by molar-refractivity contribution is 0.199. The smallest absolute Gasteiger partial charge is 0.119 e. The van der Waals surface area contributed by atoms with Crippen LogP contribution in [0.1, 0.15) is 11.3 Å². The predicted molar refractivity (Wildman–Crippen MR) is 97.3 cm³/mol. The van der Waals surface area contributed by atoms with E-state index in [2.05, 4.69) is 28.3 Å². The first kappa shape index (κ1) is 15.4. The molecule has 1 fully saturated rings. The topological polar surface area (TPSA) is 30.3 Å². The highest BCUT2D eigenvalue weighted by atomic mass is 32.1. The van der Waals surface area contributed by atoms with Gasteiger partial charge in [-0.25, -0.2) is 0 Å². The number of nitrogens with zero attached hydrogens (tertiary/aromatic N) is 3. The van der Waals surface area contributed by atoms with E-state index in [0.717, 1.165) is 31.8 Å². The van der Waals surface area contributed by atoms with Crippen molar-refractivity contribution in [3.05, 3.63) is 59.7 Å². The van der Waals surface area contributed by atoms with Gasteiger partial charge in [0.05, 0.1) is 6.20 Å². The molecule has 0 saturated carbocycles. The lowest BCUT2D eigenvalue weighted by atomic mass is 10.3. The number of aromatic nitrogens is 2.